The standard InChI is InChI=1S/C15H22O4/c1-3-4-5-11-6-8-12(9-7-11)15(18)13(16)10-14(17)19-2/h6-9,13,15-16,18H,3-5,10H2,1-2H3. The van der Waals surface area contributed by atoms with Gasteiger partial charge in [0.1, 0.15) is 6.10 Å². The first-order chi connectivity index (χ1) is 9.08. The van der Waals surface area contributed by atoms with E-state index in [4.69, 9.17) is 0 Å². The van der Waals surface area contributed by atoms with Crippen molar-refractivity contribution in [1.29, 1.82) is 0 Å². The summed E-state index contributed by atoms with van der Waals surface area (Å²) in [5.41, 5.74) is 1.82. The maximum Gasteiger partial charge on any atom is 0.308 e. The van der Waals surface area contributed by atoms with Crippen LogP contribution in [0.5, 0.6) is 0 Å². The number of hydrogen-bond donors (Lipinski definition) is 2. The Morgan fingerprint density at radius 1 is 1.26 bits per heavy atom. The highest BCUT2D eigenvalue weighted by molar-refractivity contribution is 5.69. The van der Waals surface area contributed by atoms with E-state index in [1.807, 2.05) is 12.1 Å². The number of esters is 1. The number of rotatable bonds is 7. The Balaban J connectivity index is 2.61. The summed E-state index contributed by atoms with van der Waals surface area (Å²) in [4.78, 5) is 11.0. The second-order valence-corrected chi connectivity index (χ2v) is 4.64. The van der Waals surface area contributed by atoms with Crippen LogP contribution in [0.1, 0.15) is 43.4 Å². The first kappa shape index (κ1) is 15.7. The van der Waals surface area contributed by atoms with Crippen molar-refractivity contribution in [2.45, 2.75) is 44.8 Å². The van der Waals surface area contributed by atoms with E-state index in [2.05, 4.69) is 11.7 Å². The lowest BCUT2D eigenvalue weighted by Crippen LogP contribution is -2.22. The smallest absolute Gasteiger partial charge is 0.308 e. The number of aliphatic hydroxyl groups is 2. The van der Waals surface area contributed by atoms with Crippen molar-refractivity contribution in [3.05, 3.63) is 35.4 Å². The lowest BCUT2D eigenvalue weighted by molar-refractivity contribution is -0.144. The molecule has 4 heteroatoms. The summed E-state index contributed by atoms with van der Waals surface area (Å²) in [6.45, 7) is 2.14. The highest BCUT2D eigenvalue weighted by Crippen LogP contribution is 2.20. The third-order valence-electron chi connectivity index (χ3n) is 3.11. The molecule has 1 rings (SSSR count). The van der Waals surface area contributed by atoms with Gasteiger partial charge in [-0.15, -0.1) is 0 Å². The van der Waals surface area contributed by atoms with Gasteiger partial charge in [-0.3, -0.25) is 4.79 Å². The maximum atomic E-state index is 11.0. The third-order valence-corrected chi connectivity index (χ3v) is 3.11. The zero-order chi connectivity index (χ0) is 14.3. The molecule has 0 spiro atoms. The van der Waals surface area contributed by atoms with Crippen molar-refractivity contribution in [2.24, 2.45) is 0 Å². The van der Waals surface area contributed by atoms with Crippen molar-refractivity contribution >= 4 is 5.97 Å². The minimum Gasteiger partial charge on any atom is -0.469 e. The third kappa shape index (κ3) is 5.01. The van der Waals surface area contributed by atoms with Crippen LogP contribution < -0.4 is 0 Å². The fraction of sp³-hybridized carbons (Fsp3) is 0.533. The van der Waals surface area contributed by atoms with Crippen molar-refractivity contribution < 1.29 is 19.7 Å². The van der Waals surface area contributed by atoms with Crippen LogP contribution in [0.4, 0.5) is 0 Å². The predicted octanol–water partition coefficient (Wildman–Crippen LogP) is 1.99. The minimum absolute atomic E-state index is 0.213. The number of carbonyl (C=O) groups is 1. The molecule has 0 fully saturated rings. The number of hydrogen-bond acceptors (Lipinski definition) is 4. The van der Waals surface area contributed by atoms with Crippen LogP contribution in [0, 0.1) is 0 Å². The SMILES string of the molecule is CCCCc1ccc(C(O)C(O)CC(=O)OC)cc1. The number of carbonyl (C=O) groups excluding carboxylic acids is 1. The zero-order valence-electron chi connectivity index (χ0n) is 11.5. The minimum atomic E-state index is -1.14. The molecule has 0 radical (unpaired) electrons. The molecule has 0 saturated heterocycles. The molecule has 1 aromatic rings. The molecule has 2 atom stereocenters. The van der Waals surface area contributed by atoms with E-state index >= 15 is 0 Å². The summed E-state index contributed by atoms with van der Waals surface area (Å²) in [5, 5.41) is 19.7. The summed E-state index contributed by atoms with van der Waals surface area (Å²) in [6, 6.07) is 7.46. The Labute approximate surface area is 114 Å². The summed E-state index contributed by atoms with van der Waals surface area (Å²) >= 11 is 0. The van der Waals surface area contributed by atoms with Crippen molar-refractivity contribution in [1.82, 2.24) is 0 Å². The van der Waals surface area contributed by atoms with Gasteiger partial charge in [0, 0.05) is 0 Å². The molecule has 2 unspecified atom stereocenters. The summed E-state index contributed by atoms with van der Waals surface area (Å²) < 4.78 is 4.46. The lowest BCUT2D eigenvalue weighted by atomic mass is 9.99. The van der Waals surface area contributed by atoms with Crippen molar-refractivity contribution in [3.63, 3.8) is 0 Å². The second kappa shape index (κ2) is 7.92. The van der Waals surface area contributed by atoms with E-state index in [9.17, 15) is 15.0 Å². The highest BCUT2D eigenvalue weighted by atomic mass is 16.5. The number of methoxy groups -OCH3 is 1. The molecular weight excluding hydrogens is 244 g/mol. The topological polar surface area (TPSA) is 66.8 Å². The van der Waals surface area contributed by atoms with Gasteiger partial charge < -0.3 is 14.9 Å². The monoisotopic (exact) mass is 266 g/mol. The zero-order valence-corrected chi connectivity index (χ0v) is 11.5. The van der Waals surface area contributed by atoms with E-state index < -0.39 is 18.2 Å². The van der Waals surface area contributed by atoms with Gasteiger partial charge in [-0.25, -0.2) is 0 Å². The van der Waals surface area contributed by atoms with Crippen LogP contribution in [0.2, 0.25) is 0 Å². The molecule has 0 aliphatic carbocycles. The van der Waals surface area contributed by atoms with E-state index in [0.717, 1.165) is 19.3 Å². The van der Waals surface area contributed by atoms with Crippen LogP contribution in [-0.2, 0) is 16.0 Å². The van der Waals surface area contributed by atoms with Crippen LogP contribution in [0.3, 0.4) is 0 Å². The largest absolute Gasteiger partial charge is 0.469 e. The Kier molecular flexibility index (Phi) is 6.53. The second-order valence-electron chi connectivity index (χ2n) is 4.64. The van der Waals surface area contributed by atoms with Crippen LogP contribution in [0.25, 0.3) is 0 Å². The summed E-state index contributed by atoms with van der Waals surface area (Å²) in [7, 11) is 1.25. The molecule has 0 saturated carbocycles. The molecule has 0 bridgehead atoms. The van der Waals surface area contributed by atoms with E-state index in [1.54, 1.807) is 12.1 Å². The van der Waals surface area contributed by atoms with Crippen LogP contribution in [-0.4, -0.2) is 29.4 Å². The quantitative estimate of drug-likeness (QED) is 0.741. The molecule has 1 aromatic carbocycles. The van der Waals surface area contributed by atoms with Gasteiger partial charge in [0.25, 0.3) is 0 Å². The van der Waals surface area contributed by atoms with Crippen LogP contribution >= 0.6 is 0 Å². The molecule has 0 heterocycles. The molecule has 0 aromatic heterocycles. The Morgan fingerprint density at radius 3 is 2.42 bits per heavy atom. The molecule has 106 valence electrons. The molecule has 0 aliphatic rings. The molecule has 4 nitrogen and oxygen atoms in total. The first-order valence-electron chi connectivity index (χ1n) is 6.60. The fourth-order valence-electron chi connectivity index (χ4n) is 1.85. The highest BCUT2D eigenvalue weighted by Gasteiger charge is 2.21. The Bertz CT molecular complexity index is 386. The number of benzene rings is 1. The molecule has 0 aliphatic heterocycles. The van der Waals surface area contributed by atoms with E-state index in [1.165, 1.54) is 12.7 Å². The van der Waals surface area contributed by atoms with Gasteiger partial charge >= 0.3 is 5.97 Å². The van der Waals surface area contributed by atoms with Gasteiger partial charge in [0.15, 0.2) is 0 Å². The Hall–Kier alpha value is -1.39. The maximum absolute atomic E-state index is 11.0. The molecule has 2 N–H and O–H groups in total. The molecule has 19 heavy (non-hydrogen) atoms. The normalized spacial score (nSPS) is 13.9. The van der Waals surface area contributed by atoms with E-state index in [0.29, 0.717) is 5.56 Å². The van der Waals surface area contributed by atoms with Gasteiger partial charge in [-0.2, -0.15) is 0 Å². The first-order valence-corrected chi connectivity index (χ1v) is 6.60. The van der Waals surface area contributed by atoms with Gasteiger partial charge in [0.05, 0.1) is 19.6 Å². The number of aryl methyl sites for hydroxylation is 1. The molecular formula is C15H22O4. The number of unbranched alkanes of at least 4 members (excludes halogenated alkanes) is 1. The molecule has 0 amide bonds. The van der Waals surface area contributed by atoms with Crippen molar-refractivity contribution in [3.8, 4) is 0 Å². The average Bonchev–Trinajstić information content (AvgIpc) is 2.44. The van der Waals surface area contributed by atoms with Gasteiger partial charge in [-0.1, -0.05) is 37.6 Å². The Morgan fingerprint density at radius 2 is 1.89 bits per heavy atom. The predicted molar refractivity (Wildman–Crippen MR) is 72.7 cm³/mol. The van der Waals surface area contributed by atoms with Gasteiger partial charge in [0.2, 0.25) is 0 Å². The van der Waals surface area contributed by atoms with Crippen LogP contribution in [0.15, 0.2) is 24.3 Å². The van der Waals surface area contributed by atoms with E-state index in [-0.39, 0.29) is 6.42 Å². The average molecular weight is 266 g/mol. The van der Waals surface area contributed by atoms with Crippen molar-refractivity contribution in [2.75, 3.05) is 7.11 Å². The number of aliphatic hydroxyl groups excluding tert-OH is 2. The lowest BCUT2D eigenvalue weighted by Gasteiger charge is -2.17. The number of ether oxygens (including phenoxy) is 1. The summed E-state index contributed by atoms with van der Waals surface area (Å²) in [6.07, 6.45) is 0.857. The summed E-state index contributed by atoms with van der Waals surface area (Å²) in [5.74, 6) is -0.536. The fourth-order valence-corrected chi connectivity index (χ4v) is 1.85. The van der Waals surface area contributed by atoms with Gasteiger partial charge in [-0.05, 0) is 24.0 Å².